The molecule has 8 nitrogen and oxygen atoms in total. The molecule has 1 saturated carbocycles. The van der Waals surface area contributed by atoms with Crippen LogP contribution in [-0.2, 0) is 22.3 Å². The van der Waals surface area contributed by atoms with Gasteiger partial charge in [0.25, 0.3) is 11.5 Å². The second-order valence-electron chi connectivity index (χ2n) is 9.95. The average Bonchev–Trinajstić information content (AvgIpc) is 3.43. The van der Waals surface area contributed by atoms with Gasteiger partial charge in [0.05, 0.1) is 11.4 Å². The van der Waals surface area contributed by atoms with E-state index in [-0.39, 0.29) is 17.0 Å². The summed E-state index contributed by atoms with van der Waals surface area (Å²) in [5.74, 6) is -0.528. The summed E-state index contributed by atoms with van der Waals surface area (Å²) in [7, 11) is 1.75. The Bertz CT molecular complexity index is 1550. The normalized spacial score (nSPS) is 14.8. The maximum absolute atomic E-state index is 13.3. The van der Waals surface area contributed by atoms with E-state index in [2.05, 4.69) is 5.32 Å². The number of carbonyl (C=O) groups is 2. The van der Waals surface area contributed by atoms with E-state index in [1.54, 1.807) is 18.7 Å². The number of carbonyl (C=O) groups excluding carboxylic acids is 2. The molecule has 5 rings (SSSR count). The fourth-order valence-corrected chi connectivity index (χ4v) is 6.40. The van der Waals surface area contributed by atoms with Crippen LogP contribution in [0, 0.1) is 6.92 Å². The number of amides is 1. The molecule has 1 N–H and O–H groups in total. The van der Waals surface area contributed by atoms with Crippen molar-refractivity contribution in [2.24, 2.45) is 7.05 Å². The highest BCUT2D eigenvalue weighted by Gasteiger charge is 2.28. The van der Waals surface area contributed by atoms with Crippen LogP contribution in [0.1, 0.15) is 60.8 Å². The Morgan fingerprint density at radius 2 is 1.77 bits per heavy atom. The minimum atomic E-state index is -1.14. The van der Waals surface area contributed by atoms with Crippen molar-refractivity contribution in [2.75, 3.05) is 5.32 Å². The number of benzene rings is 2. The van der Waals surface area contributed by atoms with Gasteiger partial charge in [0.1, 0.15) is 11.3 Å². The predicted molar refractivity (Wildman–Crippen MR) is 154 cm³/mol. The number of esters is 1. The van der Waals surface area contributed by atoms with Gasteiger partial charge in [-0.3, -0.25) is 14.3 Å². The fourth-order valence-electron chi connectivity index (χ4n) is 5.04. The zero-order valence-corrected chi connectivity index (χ0v) is 23.3. The summed E-state index contributed by atoms with van der Waals surface area (Å²) < 4.78 is 14.6. The first-order valence-electron chi connectivity index (χ1n) is 13.3. The van der Waals surface area contributed by atoms with Crippen LogP contribution >= 0.6 is 11.8 Å². The maximum atomic E-state index is 13.3. The SMILES string of the molecule is Cc1c(NC(=O)[C@H](C)OC(=O)c2oc3ccccc3c2CSC2CCCCC2)c(=O)n(-c2ccccc2)n1C. The summed E-state index contributed by atoms with van der Waals surface area (Å²) in [5, 5.41) is 4.12. The molecular weight excluding hydrogens is 514 g/mol. The zero-order valence-electron chi connectivity index (χ0n) is 22.4. The molecule has 39 heavy (non-hydrogen) atoms. The molecule has 0 spiro atoms. The second-order valence-corrected chi connectivity index (χ2v) is 11.2. The summed E-state index contributed by atoms with van der Waals surface area (Å²) in [4.78, 5) is 39.5. The molecule has 204 valence electrons. The third-order valence-electron chi connectivity index (χ3n) is 7.35. The summed E-state index contributed by atoms with van der Waals surface area (Å²) in [5.41, 5.74) is 2.44. The number of hydrogen-bond acceptors (Lipinski definition) is 6. The Balaban J connectivity index is 1.32. The lowest BCUT2D eigenvalue weighted by atomic mass is 10.0. The minimum absolute atomic E-state index is 0.126. The molecule has 1 aliphatic carbocycles. The van der Waals surface area contributed by atoms with E-state index < -0.39 is 18.0 Å². The summed E-state index contributed by atoms with van der Waals surface area (Å²) in [6, 6.07) is 16.7. The number of furan rings is 1. The van der Waals surface area contributed by atoms with Crippen LogP contribution in [0.25, 0.3) is 16.7 Å². The number of rotatable bonds is 8. The van der Waals surface area contributed by atoms with E-state index in [1.807, 2.05) is 66.4 Å². The van der Waals surface area contributed by atoms with Crippen molar-refractivity contribution in [1.82, 2.24) is 9.36 Å². The number of para-hydroxylation sites is 2. The fraction of sp³-hybridized carbons (Fsp3) is 0.367. The van der Waals surface area contributed by atoms with E-state index in [4.69, 9.17) is 9.15 Å². The van der Waals surface area contributed by atoms with Gasteiger partial charge < -0.3 is 14.5 Å². The van der Waals surface area contributed by atoms with Crippen LogP contribution in [0.4, 0.5) is 5.69 Å². The Hall–Kier alpha value is -3.72. The van der Waals surface area contributed by atoms with Crippen LogP contribution in [0.3, 0.4) is 0 Å². The van der Waals surface area contributed by atoms with Gasteiger partial charge >= 0.3 is 5.97 Å². The van der Waals surface area contributed by atoms with Gasteiger partial charge in [0.15, 0.2) is 6.10 Å². The van der Waals surface area contributed by atoms with Gasteiger partial charge in [-0.2, -0.15) is 11.8 Å². The smallest absolute Gasteiger partial charge is 0.375 e. The Morgan fingerprint density at radius 1 is 1.08 bits per heavy atom. The Morgan fingerprint density at radius 3 is 2.51 bits per heavy atom. The lowest BCUT2D eigenvalue weighted by molar-refractivity contribution is -0.123. The molecule has 0 radical (unpaired) electrons. The van der Waals surface area contributed by atoms with Crippen molar-refractivity contribution in [2.45, 2.75) is 63.1 Å². The third-order valence-corrected chi connectivity index (χ3v) is 8.75. The predicted octanol–water partition coefficient (Wildman–Crippen LogP) is 5.98. The molecule has 1 atom stereocenters. The number of aromatic nitrogens is 2. The summed E-state index contributed by atoms with van der Waals surface area (Å²) in [6.45, 7) is 3.23. The number of nitrogens with one attached hydrogen (secondary N) is 1. The molecule has 4 aromatic rings. The van der Waals surface area contributed by atoms with Gasteiger partial charge in [-0.25, -0.2) is 9.48 Å². The highest BCUT2D eigenvalue weighted by atomic mass is 32.2. The number of nitrogens with zero attached hydrogens (tertiary/aromatic N) is 2. The van der Waals surface area contributed by atoms with Crippen LogP contribution in [0.2, 0.25) is 0 Å². The number of anilines is 1. The van der Waals surface area contributed by atoms with E-state index >= 15 is 0 Å². The molecule has 0 unspecified atom stereocenters. The third kappa shape index (κ3) is 5.54. The lowest BCUT2D eigenvalue weighted by Gasteiger charge is -2.20. The Kier molecular flexibility index (Phi) is 7.97. The van der Waals surface area contributed by atoms with E-state index in [0.29, 0.717) is 28.0 Å². The maximum Gasteiger partial charge on any atom is 0.375 e. The summed E-state index contributed by atoms with van der Waals surface area (Å²) >= 11 is 1.85. The van der Waals surface area contributed by atoms with Crippen molar-refractivity contribution in [3.05, 3.63) is 82.0 Å². The molecule has 0 bridgehead atoms. The van der Waals surface area contributed by atoms with Gasteiger partial charge in [0, 0.05) is 29.0 Å². The topological polar surface area (TPSA) is 95.5 Å². The van der Waals surface area contributed by atoms with Crippen molar-refractivity contribution in [3.8, 4) is 5.69 Å². The Labute approximate surface area is 231 Å². The molecular formula is C30H33N3O5S. The number of hydrogen-bond donors (Lipinski definition) is 1. The molecule has 1 fully saturated rings. The van der Waals surface area contributed by atoms with Crippen molar-refractivity contribution >= 4 is 40.3 Å². The van der Waals surface area contributed by atoms with Crippen molar-refractivity contribution in [1.29, 1.82) is 0 Å². The monoisotopic (exact) mass is 547 g/mol. The first-order valence-corrected chi connectivity index (χ1v) is 14.4. The minimum Gasteiger partial charge on any atom is -0.449 e. The zero-order chi connectivity index (χ0) is 27.5. The number of fused-ring (bicyclic) bond motifs is 1. The average molecular weight is 548 g/mol. The standard InChI is InChI=1S/C30H33N3O5S/c1-19-26(29(35)33(32(19)3)21-12-6-4-7-13-21)31-28(34)20(2)37-30(36)27-24(18-39-22-14-8-5-9-15-22)23-16-10-11-17-25(23)38-27/h4,6-7,10-13,16-17,20,22H,5,8-9,14-15,18H2,1-3H3,(H,31,34)/t20-/m0/s1. The quantitative estimate of drug-likeness (QED) is 0.273. The van der Waals surface area contributed by atoms with E-state index in [9.17, 15) is 14.4 Å². The molecule has 0 aliphatic heterocycles. The van der Waals surface area contributed by atoms with Crippen LogP contribution in [0.15, 0.2) is 63.8 Å². The van der Waals surface area contributed by atoms with Gasteiger partial charge in [0.2, 0.25) is 5.76 Å². The number of thioether (sulfide) groups is 1. The van der Waals surface area contributed by atoms with Crippen molar-refractivity contribution < 1.29 is 18.7 Å². The van der Waals surface area contributed by atoms with Crippen LogP contribution < -0.4 is 10.9 Å². The summed E-state index contributed by atoms with van der Waals surface area (Å²) in [6.07, 6.45) is 4.98. The molecule has 9 heteroatoms. The first kappa shape index (κ1) is 26.9. The molecule has 0 saturated heterocycles. The van der Waals surface area contributed by atoms with Crippen LogP contribution in [0.5, 0.6) is 0 Å². The second kappa shape index (κ2) is 11.6. The molecule has 2 aromatic carbocycles. The van der Waals surface area contributed by atoms with Crippen molar-refractivity contribution in [3.63, 3.8) is 0 Å². The van der Waals surface area contributed by atoms with Gasteiger partial charge in [-0.15, -0.1) is 0 Å². The van der Waals surface area contributed by atoms with E-state index in [0.717, 1.165) is 10.9 Å². The van der Waals surface area contributed by atoms with E-state index in [1.165, 1.54) is 43.7 Å². The molecule has 1 aliphatic rings. The van der Waals surface area contributed by atoms with Gasteiger partial charge in [-0.1, -0.05) is 55.7 Å². The highest BCUT2D eigenvalue weighted by Crippen LogP contribution is 2.35. The lowest BCUT2D eigenvalue weighted by Crippen LogP contribution is -2.32. The van der Waals surface area contributed by atoms with Crippen LogP contribution in [-0.4, -0.2) is 32.6 Å². The molecule has 2 heterocycles. The molecule has 2 aromatic heterocycles. The van der Waals surface area contributed by atoms with Gasteiger partial charge in [-0.05, 0) is 44.9 Å². The first-order chi connectivity index (χ1) is 18.8. The highest BCUT2D eigenvalue weighted by molar-refractivity contribution is 7.99. The molecule has 1 amide bonds. The number of ether oxygens (including phenoxy) is 1. The largest absolute Gasteiger partial charge is 0.449 e.